The number of hydrogen-bond donors (Lipinski definition) is 2. The molecule has 0 spiro atoms. The standard InChI is InChI=1S/C13H21N3/c1-11(16-7-5-15-6-8-16)13-4-2-3-12(9-13)10-14/h2-4,9,11,15H,5-8,10,14H2,1H3. The lowest BCUT2D eigenvalue weighted by molar-refractivity contribution is 0.185. The van der Waals surface area contributed by atoms with E-state index in [0.717, 1.165) is 26.2 Å². The molecule has 1 saturated heterocycles. The Hall–Kier alpha value is -0.900. The zero-order valence-electron chi connectivity index (χ0n) is 9.95. The van der Waals surface area contributed by atoms with Crippen LogP contribution in [-0.4, -0.2) is 31.1 Å². The number of nitrogens with one attached hydrogen (secondary N) is 1. The van der Waals surface area contributed by atoms with E-state index in [1.807, 2.05) is 0 Å². The molecule has 16 heavy (non-hydrogen) atoms. The fourth-order valence-electron chi connectivity index (χ4n) is 2.26. The van der Waals surface area contributed by atoms with Gasteiger partial charge < -0.3 is 11.1 Å². The molecule has 3 nitrogen and oxygen atoms in total. The highest BCUT2D eigenvalue weighted by Gasteiger charge is 2.17. The molecular formula is C13H21N3. The summed E-state index contributed by atoms with van der Waals surface area (Å²) in [6.07, 6.45) is 0. The molecule has 0 bridgehead atoms. The Labute approximate surface area is 97.6 Å². The highest BCUT2D eigenvalue weighted by atomic mass is 15.2. The number of nitrogens with two attached hydrogens (primary N) is 1. The van der Waals surface area contributed by atoms with Gasteiger partial charge >= 0.3 is 0 Å². The van der Waals surface area contributed by atoms with Crippen molar-refractivity contribution in [2.24, 2.45) is 5.73 Å². The van der Waals surface area contributed by atoms with Crippen molar-refractivity contribution >= 4 is 0 Å². The van der Waals surface area contributed by atoms with E-state index < -0.39 is 0 Å². The van der Waals surface area contributed by atoms with Crippen molar-refractivity contribution in [3.63, 3.8) is 0 Å². The van der Waals surface area contributed by atoms with Gasteiger partial charge in [-0.1, -0.05) is 24.3 Å². The summed E-state index contributed by atoms with van der Waals surface area (Å²) in [7, 11) is 0. The Morgan fingerprint density at radius 1 is 1.38 bits per heavy atom. The SMILES string of the molecule is CC(c1cccc(CN)c1)N1CCNCC1. The highest BCUT2D eigenvalue weighted by molar-refractivity contribution is 5.25. The Balaban J connectivity index is 2.09. The van der Waals surface area contributed by atoms with Crippen molar-refractivity contribution in [2.45, 2.75) is 19.5 Å². The fourth-order valence-corrected chi connectivity index (χ4v) is 2.26. The number of piperazine rings is 1. The first-order chi connectivity index (χ1) is 7.81. The van der Waals surface area contributed by atoms with Crippen LogP contribution in [0.3, 0.4) is 0 Å². The fraction of sp³-hybridized carbons (Fsp3) is 0.538. The van der Waals surface area contributed by atoms with Crippen molar-refractivity contribution in [2.75, 3.05) is 26.2 Å². The third kappa shape index (κ3) is 2.61. The molecule has 0 radical (unpaired) electrons. The van der Waals surface area contributed by atoms with E-state index in [2.05, 4.69) is 41.4 Å². The normalized spacial score (nSPS) is 19.6. The summed E-state index contributed by atoms with van der Waals surface area (Å²) in [6.45, 7) is 7.37. The Morgan fingerprint density at radius 2 is 2.12 bits per heavy atom. The van der Waals surface area contributed by atoms with Gasteiger partial charge in [0.15, 0.2) is 0 Å². The average Bonchev–Trinajstić information content (AvgIpc) is 2.39. The summed E-state index contributed by atoms with van der Waals surface area (Å²) in [5, 5.41) is 3.38. The van der Waals surface area contributed by atoms with Gasteiger partial charge in [0, 0.05) is 38.8 Å². The molecule has 3 heteroatoms. The van der Waals surface area contributed by atoms with Crippen molar-refractivity contribution in [3.05, 3.63) is 35.4 Å². The quantitative estimate of drug-likeness (QED) is 0.800. The van der Waals surface area contributed by atoms with Gasteiger partial charge in [0.1, 0.15) is 0 Å². The summed E-state index contributed by atoms with van der Waals surface area (Å²) in [6, 6.07) is 9.12. The lowest BCUT2D eigenvalue weighted by atomic mass is 10.0. The second kappa shape index (κ2) is 5.43. The third-order valence-electron chi connectivity index (χ3n) is 3.37. The smallest absolute Gasteiger partial charge is 0.0321 e. The van der Waals surface area contributed by atoms with Crippen LogP contribution in [-0.2, 0) is 6.54 Å². The van der Waals surface area contributed by atoms with Crippen LogP contribution in [0.25, 0.3) is 0 Å². The molecule has 0 aliphatic carbocycles. The van der Waals surface area contributed by atoms with Crippen LogP contribution in [0.5, 0.6) is 0 Å². The second-order valence-corrected chi connectivity index (χ2v) is 4.41. The van der Waals surface area contributed by atoms with E-state index in [1.54, 1.807) is 0 Å². The number of hydrogen-bond acceptors (Lipinski definition) is 3. The first-order valence-electron chi connectivity index (χ1n) is 6.05. The third-order valence-corrected chi connectivity index (χ3v) is 3.37. The predicted molar refractivity (Wildman–Crippen MR) is 67.2 cm³/mol. The van der Waals surface area contributed by atoms with Crippen LogP contribution in [0.15, 0.2) is 24.3 Å². The van der Waals surface area contributed by atoms with Gasteiger partial charge in [-0.15, -0.1) is 0 Å². The maximum atomic E-state index is 5.67. The summed E-state index contributed by atoms with van der Waals surface area (Å²) in [5.74, 6) is 0. The van der Waals surface area contributed by atoms with E-state index in [9.17, 15) is 0 Å². The molecule has 1 fully saturated rings. The van der Waals surface area contributed by atoms with Crippen molar-refractivity contribution in [1.82, 2.24) is 10.2 Å². The molecule has 1 heterocycles. The van der Waals surface area contributed by atoms with Crippen LogP contribution in [0, 0.1) is 0 Å². The van der Waals surface area contributed by atoms with Crippen LogP contribution >= 0.6 is 0 Å². The molecule has 1 aliphatic heterocycles. The van der Waals surface area contributed by atoms with E-state index in [1.165, 1.54) is 11.1 Å². The van der Waals surface area contributed by atoms with Gasteiger partial charge in [-0.25, -0.2) is 0 Å². The van der Waals surface area contributed by atoms with Gasteiger partial charge in [0.2, 0.25) is 0 Å². The molecule has 0 amide bonds. The van der Waals surface area contributed by atoms with Crippen molar-refractivity contribution in [1.29, 1.82) is 0 Å². The summed E-state index contributed by atoms with van der Waals surface area (Å²) < 4.78 is 0. The second-order valence-electron chi connectivity index (χ2n) is 4.41. The number of rotatable bonds is 3. The van der Waals surface area contributed by atoms with Crippen LogP contribution in [0.1, 0.15) is 24.1 Å². The van der Waals surface area contributed by atoms with Gasteiger partial charge in [-0.3, -0.25) is 4.90 Å². The molecule has 1 unspecified atom stereocenters. The van der Waals surface area contributed by atoms with Gasteiger partial charge in [0.25, 0.3) is 0 Å². The van der Waals surface area contributed by atoms with Crippen LogP contribution in [0.2, 0.25) is 0 Å². The zero-order chi connectivity index (χ0) is 11.4. The van der Waals surface area contributed by atoms with Crippen molar-refractivity contribution in [3.8, 4) is 0 Å². The molecule has 1 atom stereocenters. The number of benzene rings is 1. The minimum atomic E-state index is 0.494. The minimum absolute atomic E-state index is 0.494. The van der Waals surface area contributed by atoms with Gasteiger partial charge in [-0.05, 0) is 18.1 Å². The molecule has 1 aromatic rings. The first kappa shape index (κ1) is 11.6. The molecule has 2 rings (SSSR count). The van der Waals surface area contributed by atoms with Gasteiger partial charge in [-0.2, -0.15) is 0 Å². The van der Waals surface area contributed by atoms with E-state index in [0.29, 0.717) is 12.6 Å². The predicted octanol–water partition coefficient (Wildman–Crippen LogP) is 1.11. The molecule has 0 saturated carbocycles. The van der Waals surface area contributed by atoms with Gasteiger partial charge in [0.05, 0.1) is 0 Å². The molecular weight excluding hydrogens is 198 g/mol. The topological polar surface area (TPSA) is 41.3 Å². The van der Waals surface area contributed by atoms with E-state index in [4.69, 9.17) is 5.73 Å². The molecule has 88 valence electrons. The lowest BCUT2D eigenvalue weighted by Gasteiger charge is -2.33. The summed E-state index contributed by atoms with van der Waals surface area (Å²) in [4.78, 5) is 2.52. The van der Waals surface area contributed by atoms with Crippen LogP contribution in [0.4, 0.5) is 0 Å². The molecule has 3 N–H and O–H groups in total. The molecule has 1 aliphatic rings. The maximum Gasteiger partial charge on any atom is 0.0321 e. The highest BCUT2D eigenvalue weighted by Crippen LogP contribution is 2.21. The first-order valence-corrected chi connectivity index (χ1v) is 6.05. The maximum absolute atomic E-state index is 5.67. The molecule has 1 aromatic carbocycles. The largest absolute Gasteiger partial charge is 0.326 e. The van der Waals surface area contributed by atoms with E-state index >= 15 is 0 Å². The molecule has 0 aromatic heterocycles. The van der Waals surface area contributed by atoms with E-state index in [-0.39, 0.29) is 0 Å². The minimum Gasteiger partial charge on any atom is -0.326 e. The Kier molecular flexibility index (Phi) is 3.93. The average molecular weight is 219 g/mol. The lowest BCUT2D eigenvalue weighted by Crippen LogP contribution is -2.44. The summed E-state index contributed by atoms with van der Waals surface area (Å²) in [5.41, 5.74) is 8.27. The van der Waals surface area contributed by atoms with Crippen molar-refractivity contribution < 1.29 is 0 Å². The summed E-state index contributed by atoms with van der Waals surface area (Å²) >= 11 is 0. The Morgan fingerprint density at radius 3 is 2.81 bits per heavy atom. The van der Waals surface area contributed by atoms with Crippen LogP contribution < -0.4 is 11.1 Å². The zero-order valence-corrected chi connectivity index (χ0v) is 9.95. The Bertz CT molecular complexity index is 332. The number of nitrogens with zero attached hydrogens (tertiary/aromatic N) is 1. The monoisotopic (exact) mass is 219 g/mol.